The van der Waals surface area contributed by atoms with E-state index in [1.807, 2.05) is 0 Å². The largest absolute Gasteiger partial charge is 0.497 e. The van der Waals surface area contributed by atoms with Gasteiger partial charge >= 0.3 is 0 Å². The minimum absolute atomic E-state index is 0.321. The monoisotopic (exact) mass is 166 g/mol. The van der Waals surface area contributed by atoms with Crippen LogP contribution in [-0.2, 0) is 4.74 Å². The molecule has 1 heteroatoms. The van der Waals surface area contributed by atoms with Crippen molar-refractivity contribution in [2.24, 2.45) is 11.3 Å². The molecule has 0 fully saturated rings. The Labute approximate surface area is 75.1 Å². The van der Waals surface area contributed by atoms with Crippen molar-refractivity contribution in [2.75, 3.05) is 7.11 Å². The summed E-state index contributed by atoms with van der Waals surface area (Å²) in [5, 5.41) is 0. The Hall–Kier alpha value is -0.720. The highest BCUT2D eigenvalue weighted by Gasteiger charge is 2.26. The fourth-order valence-corrected chi connectivity index (χ4v) is 1.31. The van der Waals surface area contributed by atoms with Crippen LogP contribution in [-0.4, -0.2) is 7.11 Å². The Morgan fingerprint density at radius 1 is 1.50 bits per heavy atom. The van der Waals surface area contributed by atoms with E-state index in [2.05, 4.69) is 39.0 Å². The standard InChI is InChI=1S/C11H18O/c1-9(2)11(3)7-5-10(12-4)6-8-11/h5-7,9H,8H2,1-4H3. The van der Waals surface area contributed by atoms with Gasteiger partial charge in [-0.25, -0.2) is 0 Å². The molecule has 0 aromatic rings. The van der Waals surface area contributed by atoms with Crippen molar-refractivity contribution in [3.63, 3.8) is 0 Å². The first-order valence-electron chi connectivity index (χ1n) is 4.52. The molecule has 68 valence electrons. The van der Waals surface area contributed by atoms with Gasteiger partial charge in [0.25, 0.3) is 0 Å². The second-order valence-electron chi connectivity index (χ2n) is 4.01. The zero-order valence-electron chi connectivity index (χ0n) is 8.42. The van der Waals surface area contributed by atoms with Crippen LogP contribution in [0.4, 0.5) is 0 Å². The molecular formula is C11H18O. The molecular weight excluding hydrogens is 148 g/mol. The number of ether oxygens (including phenoxy) is 1. The van der Waals surface area contributed by atoms with Crippen molar-refractivity contribution in [1.82, 2.24) is 0 Å². The number of rotatable bonds is 2. The molecule has 0 aromatic carbocycles. The lowest BCUT2D eigenvalue weighted by molar-refractivity contribution is 0.266. The van der Waals surface area contributed by atoms with Gasteiger partial charge in [-0.15, -0.1) is 0 Å². The smallest absolute Gasteiger partial charge is 0.114 e. The molecule has 1 aliphatic carbocycles. The summed E-state index contributed by atoms with van der Waals surface area (Å²) in [6, 6.07) is 0. The maximum atomic E-state index is 5.14. The Morgan fingerprint density at radius 2 is 2.17 bits per heavy atom. The maximum absolute atomic E-state index is 5.14. The highest BCUT2D eigenvalue weighted by atomic mass is 16.5. The van der Waals surface area contributed by atoms with E-state index < -0.39 is 0 Å². The van der Waals surface area contributed by atoms with Crippen LogP contribution in [0.5, 0.6) is 0 Å². The van der Waals surface area contributed by atoms with Gasteiger partial charge in [0.05, 0.1) is 7.11 Å². The predicted molar refractivity (Wildman–Crippen MR) is 51.8 cm³/mol. The molecule has 0 radical (unpaired) electrons. The first-order chi connectivity index (χ1) is 5.58. The molecule has 1 unspecified atom stereocenters. The number of allylic oxidation sites excluding steroid dienone is 3. The molecule has 0 saturated carbocycles. The molecule has 1 nitrogen and oxygen atoms in total. The third-order valence-corrected chi connectivity index (χ3v) is 2.93. The van der Waals surface area contributed by atoms with E-state index >= 15 is 0 Å². The molecule has 1 rings (SSSR count). The highest BCUT2D eigenvalue weighted by molar-refractivity contribution is 5.21. The van der Waals surface area contributed by atoms with Crippen LogP contribution >= 0.6 is 0 Å². The van der Waals surface area contributed by atoms with Crippen molar-refractivity contribution in [3.05, 3.63) is 24.0 Å². The van der Waals surface area contributed by atoms with Crippen LogP contribution in [0.2, 0.25) is 0 Å². The first kappa shape index (κ1) is 9.37. The second kappa shape index (κ2) is 3.34. The summed E-state index contributed by atoms with van der Waals surface area (Å²) in [6.45, 7) is 6.81. The number of hydrogen-bond acceptors (Lipinski definition) is 1. The SMILES string of the molecule is COC1=CCC(C)(C(C)C)C=C1. The van der Waals surface area contributed by atoms with Gasteiger partial charge in [0.2, 0.25) is 0 Å². The fraction of sp³-hybridized carbons (Fsp3) is 0.636. The van der Waals surface area contributed by atoms with Gasteiger partial charge in [-0.3, -0.25) is 0 Å². The van der Waals surface area contributed by atoms with E-state index in [0.29, 0.717) is 11.3 Å². The average molecular weight is 166 g/mol. The van der Waals surface area contributed by atoms with Crippen LogP contribution in [0.1, 0.15) is 27.2 Å². The van der Waals surface area contributed by atoms with Gasteiger partial charge in [0.1, 0.15) is 5.76 Å². The van der Waals surface area contributed by atoms with E-state index in [1.54, 1.807) is 7.11 Å². The normalized spacial score (nSPS) is 28.9. The predicted octanol–water partition coefficient (Wildman–Crippen LogP) is 3.14. The molecule has 0 aromatic heterocycles. The summed E-state index contributed by atoms with van der Waals surface area (Å²) >= 11 is 0. The van der Waals surface area contributed by atoms with E-state index in [0.717, 1.165) is 12.2 Å². The quantitative estimate of drug-likeness (QED) is 0.612. The van der Waals surface area contributed by atoms with Crippen molar-refractivity contribution < 1.29 is 4.74 Å². The number of hydrogen-bond donors (Lipinski definition) is 0. The molecule has 0 spiro atoms. The van der Waals surface area contributed by atoms with Gasteiger partial charge < -0.3 is 4.74 Å². The van der Waals surface area contributed by atoms with E-state index in [9.17, 15) is 0 Å². The molecule has 0 heterocycles. The molecule has 1 aliphatic rings. The molecule has 0 N–H and O–H groups in total. The zero-order valence-corrected chi connectivity index (χ0v) is 8.42. The van der Waals surface area contributed by atoms with Gasteiger partial charge in [-0.05, 0) is 29.9 Å². The Morgan fingerprint density at radius 3 is 2.50 bits per heavy atom. The lowest BCUT2D eigenvalue weighted by atomic mass is 9.74. The highest BCUT2D eigenvalue weighted by Crippen LogP contribution is 2.36. The van der Waals surface area contributed by atoms with Crippen LogP contribution in [0, 0.1) is 11.3 Å². The molecule has 0 saturated heterocycles. The van der Waals surface area contributed by atoms with Crippen molar-refractivity contribution in [2.45, 2.75) is 27.2 Å². The van der Waals surface area contributed by atoms with Crippen molar-refractivity contribution >= 4 is 0 Å². The molecule has 0 aliphatic heterocycles. The summed E-state index contributed by atoms with van der Waals surface area (Å²) < 4.78 is 5.14. The summed E-state index contributed by atoms with van der Waals surface area (Å²) in [5.74, 6) is 1.68. The van der Waals surface area contributed by atoms with Crippen LogP contribution in [0.15, 0.2) is 24.0 Å². The Kier molecular flexibility index (Phi) is 2.61. The summed E-state index contributed by atoms with van der Waals surface area (Å²) in [4.78, 5) is 0. The van der Waals surface area contributed by atoms with E-state index in [1.165, 1.54) is 0 Å². The minimum atomic E-state index is 0.321. The molecule has 0 bridgehead atoms. The number of methoxy groups -OCH3 is 1. The van der Waals surface area contributed by atoms with Gasteiger partial charge in [0, 0.05) is 0 Å². The van der Waals surface area contributed by atoms with Crippen LogP contribution in [0.25, 0.3) is 0 Å². The topological polar surface area (TPSA) is 9.23 Å². The average Bonchev–Trinajstić information content (AvgIpc) is 2.06. The Balaban J connectivity index is 2.70. The molecule has 12 heavy (non-hydrogen) atoms. The van der Waals surface area contributed by atoms with Gasteiger partial charge in [-0.1, -0.05) is 26.8 Å². The molecule has 1 atom stereocenters. The summed E-state index contributed by atoms with van der Waals surface area (Å²) in [7, 11) is 1.72. The maximum Gasteiger partial charge on any atom is 0.114 e. The van der Waals surface area contributed by atoms with Crippen molar-refractivity contribution in [1.29, 1.82) is 0 Å². The molecule has 0 amide bonds. The third-order valence-electron chi connectivity index (χ3n) is 2.93. The van der Waals surface area contributed by atoms with Gasteiger partial charge in [-0.2, -0.15) is 0 Å². The summed E-state index contributed by atoms with van der Waals surface area (Å²) in [6.07, 6.45) is 7.59. The Bertz CT molecular complexity index is 213. The summed E-state index contributed by atoms with van der Waals surface area (Å²) in [5.41, 5.74) is 0.321. The van der Waals surface area contributed by atoms with Gasteiger partial charge in [0.15, 0.2) is 0 Å². The van der Waals surface area contributed by atoms with Crippen LogP contribution < -0.4 is 0 Å². The fourth-order valence-electron chi connectivity index (χ4n) is 1.31. The van der Waals surface area contributed by atoms with Crippen molar-refractivity contribution in [3.8, 4) is 0 Å². The van der Waals surface area contributed by atoms with E-state index in [4.69, 9.17) is 4.74 Å². The minimum Gasteiger partial charge on any atom is -0.497 e. The lowest BCUT2D eigenvalue weighted by Crippen LogP contribution is -2.21. The lowest BCUT2D eigenvalue weighted by Gasteiger charge is -2.31. The second-order valence-corrected chi connectivity index (χ2v) is 4.01. The zero-order chi connectivity index (χ0) is 9.19. The van der Waals surface area contributed by atoms with Crippen LogP contribution in [0.3, 0.4) is 0 Å². The first-order valence-corrected chi connectivity index (χ1v) is 4.52. The third kappa shape index (κ3) is 1.71. The van der Waals surface area contributed by atoms with E-state index in [-0.39, 0.29) is 0 Å².